The van der Waals surface area contributed by atoms with Gasteiger partial charge in [-0.25, -0.2) is 0 Å². The molecule has 6 nitrogen and oxygen atoms in total. The first-order valence-electron chi connectivity index (χ1n) is 9.36. The largest absolute Gasteiger partial charge is 0.488 e. The number of piperazine rings is 1. The van der Waals surface area contributed by atoms with Gasteiger partial charge in [-0.05, 0) is 24.3 Å². The first kappa shape index (κ1) is 21.4. The third kappa shape index (κ3) is 5.63. The standard InChI is InChI=1S/C21H23Cl2N3O3/c1-24-20(27)13-25-8-10-26(11-9-25)21(28)17-4-2-3-5-19(17)29-14-15-6-7-16(22)12-18(15)23/h2-7,12H,8-11,13-14H2,1H3,(H,24,27). The van der Waals surface area contributed by atoms with Crippen molar-refractivity contribution in [1.82, 2.24) is 15.1 Å². The van der Waals surface area contributed by atoms with E-state index in [4.69, 9.17) is 27.9 Å². The van der Waals surface area contributed by atoms with Crippen LogP contribution in [0.25, 0.3) is 0 Å². The Kier molecular flexibility index (Phi) is 7.36. The third-order valence-corrected chi connectivity index (χ3v) is 5.41. The Morgan fingerprint density at radius 2 is 1.79 bits per heavy atom. The van der Waals surface area contributed by atoms with E-state index in [1.165, 1.54) is 0 Å². The van der Waals surface area contributed by atoms with E-state index in [2.05, 4.69) is 5.32 Å². The number of benzene rings is 2. The van der Waals surface area contributed by atoms with Crippen molar-refractivity contribution in [3.05, 3.63) is 63.6 Å². The second-order valence-corrected chi connectivity index (χ2v) is 7.61. The minimum Gasteiger partial charge on any atom is -0.488 e. The second-order valence-electron chi connectivity index (χ2n) is 6.76. The van der Waals surface area contributed by atoms with E-state index < -0.39 is 0 Å². The van der Waals surface area contributed by atoms with Crippen LogP contribution in [-0.2, 0) is 11.4 Å². The molecule has 1 aliphatic rings. The molecule has 0 spiro atoms. The van der Waals surface area contributed by atoms with Gasteiger partial charge in [0.2, 0.25) is 5.91 Å². The number of amides is 2. The van der Waals surface area contributed by atoms with E-state index in [-0.39, 0.29) is 18.4 Å². The summed E-state index contributed by atoms with van der Waals surface area (Å²) in [5, 5.41) is 3.70. The highest BCUT2D eigenvalue weighted by molar-refractivity contribution is 6.35. The molecule has 8 heteroatoms. The molecule has 154 valence electrons. The van der Waals surface area contributed by atoms with Crippen LogP contribution >= 0.6 is 23.2 Å². The summed E-state index contributed by atoms with van der Waals surface area (Å²) in [6.45, 7) is 3.02. The van der Waals surface area contributed by atoms with Gasteiger partial charge in [0.15, 0.2) is 0 Å². The van der Waals surface area contributed by atoms with Gasteiger partial charge < -0.3 is 15.0 Å². The maximum atomic E-state index is 13.0. The molecular weight excluding hydrogens is 413 g/mol. The lowest BCUT2D eigenvalue weighted by Gasteiger charge is -2.34. The Labute approximate surface area is 180 Å². The number of carbonyl (C=O) groups is 2. The lowest BCUT2D eigenvalue weighted by Crippen LogP contribution is -2.50. The van der Waals surface area contributed by atoms with Crippen LogP contribution in [-0.4, -0.2) is 61.4 Å². The molecule has 1 heterocycles. The first-order chi connectivity index (χ1) is 14.0. The summed E-state index contributed by atoms with van der Waals surface area (Å²) in [6, 6.07) is 12.4. The van der Waals surface area contributed by atoms with E-state index in [1.807, 2.05) is 17.0 Å². The Bertz CT molecular complexity index is 883. The molecule has 1 aliphatic heterocycles. The minimum absolute atomic E-state index is 0.0237. The SMILES string of the molecule is CNC(=O)CN1CCN(C(=O)c2ccccc2OCc2ccc(Cl)cc2Cl)CC1. The van der Waals surface area contributed by atoms with Gasteiger partial charge >= 0.3 is 0 Å². The fourth-order valence-corrected chi connectivity index (χ4v) is 3.59. The number of nitrogens with zero attached hydrogens (tertiary/aromatic N) is 2. The molecule has 3 rings (SSSR count). The molecular formula is C21H23Cl2N3O3. The fraction of sp³-hybridized carbons (Fsp3) is 0.333. The molecule has 1 saturated heterocycles. The number of hydrogen-bond donors (Lipinski definition) is 1. The highest BCUT2D eigenvalue weighted by Gasteiger charge is 2.25. The van der Waals surface area contributed by atoms with Gasteiger partial charge in [-0.2, -0.15) is 0 Å². The average Bonchev–Trinajstić information content (AvgIpc) is 2.73. The van der Waals surface area contributed by atoms with E-state index in [0.29, 0.717) is 54.1 Å². The summed E-state index contributed by atoms with van der Waals surface area (Å²) in [7, 11) is 1.62. The molecule has 0 radical (unpaired) electrons. The molecule has 0 bridgehead atoms. The van der Waals surface area contributed by atoms with Crippen LogP contribution < -0.4 is 10.1 Å². The van der Waals surface area contributed by atoms with E-state index in [0.717, 1.165) is 5.56 Å². The molecule has 2 aromatic rings. The highest BCUT2D eigenvalue weighted by Crippen LogP contribution is 2.25. The van der Waals surface area contributed by atoms with Crippen molar-refractivity contribution in [3.8, 4) is 5.75 Å². The van der Waals surface area contributed by atoms with Crippen LogP contribution in [0, 0.1) is 0 Å². The number of carbonyl (C=O) groups excluding carboxylic acids is 2. The van der Waals surface area contributed by atoms with Crippen molar-refractivity contribution in [2.75, 3.05) is 39.8 Å². The summed E-state index contributed by atoms with van der Waals surface area (Å²) in [6.07, 6.45) is 0. The Morgan fingerprint density at radius 3 is 2.48 bits per heavy atom. The summed E-state index contributed by atoms with van der Waals surface area (Å²) >= 11 is 12.1. The van der Waals surface area contributed by atoms with E-state index >= 15 is 0 Å². The molecule has 1 fully saturated rings. The molecule has 0 atom stereocenters. The zero-order chi connectivity index (χ0) is 20.8. The Morgan fingerprint density at radius 1 is 1.07 bits per heavy atom. The fourth-order valence-electron chi connectivity index (χ4n) is 3.12. The summed E-state index contributed by atoms with van der Waals surface area (Å²) < 4.78 is 5.91. The van der Waals surface area contributed by atoms with Crippen molar-refractivity contribution < 1.29 is 14.3 Å². The predicted octanol–water partition coefficient (Wildman–Crippen LogP) is 3.08. The first-order valence-corrected chi connectivity index (χ1v) is 10.1. The van der Waals surface area contributed by atoms with Crippen molar-refractivity contribution in [3.63, 3.8) is 0 Å². The van der Waals surface area contributed by atoms with E-state index in [1.54, 1.807) is 42.3 Å². The number of halogens is 2. The van der Waals surface area contributed by atoms with Gasteiger partial charge in [-0.1, -0.05) is 41.4 Å². The molecule has 1 N–H and O–H groups in total. The van der Waals surface area contributed by atoms with Crippen LogP contribution in [0.3, 0.4) is 0 Å². The molecule has 0 aromatic heterocycles. The zero-order valence-electron chi connectivity index (χ0n) is 16.2. The van der Waals surface area contributed by atoms with Gasteiger partial charge in [-0.15, -0.1) is 0 Å². The number of hydrogen-bond acceptors (Lipinski definition) is 4. The Balaban J connectivity index is 1.64. The monoisotopic (exact) mass is 435 g/mol. The molecule has 0 unspecified atom stereocenters. The van der Waals surface area contributed by atoms with Crippen molar-refractivity contribution in [1.29, 1.82) is 0 Å². The number of nitrogens with one attached hydrogen (secondary N) is 1. The van der Waals surface area contributed by atoms with Crippen molar-refractivity contribution in [2.24, 2.45) is 0 Å². The maximum absolute atomic E-state index is 13.0. The van der Waals surface area contributed by atoms with Gasteiger partial charge in [-0.3, -0.25) is 14.5 Å². The van der Waals surface area contributed by atoms with Crippen LogP contribution in [0.15, 0.2) is 42.5 Å². The average molecular weight is 436 g/mol. The number of rotatable bonds is 6. The minimum atomic E-state index is -0.0811. The third-order valence-electron chi connectivity index (χ3n) is 4.82. The maximum Gasteiger partial charge on any atom is 0.257 e. The van der Waals surface area contributed by atoms with E-state index in [9.17, 15) is 9.59 Å². The van der Waals surface area contributed by atoms with Crippen molar-refractivity contribution >= 4 is 35.0 Å². The summed E-state index contributed by atoms with van der Waals surface area (Å²) in [5.74, 6) is 0.406. The van der Waals surface area contributed by atoms with Crippen LogP contribution in [0.2, 0.25) is 10.0 Å². The normalized spacial score (nSPS) is 14.5. The van der Waals surface area contributed by atoms with Gasteiger partial charge in [0.05, 0.1) is 12.1 Å². The van der Waals surface area contributed by atoms with Gasteiger partial charge in [0.25, 0.3) is 5.91 Å². The number of para-hydroxylation sites is 1. The van der Waals surface area contributed by atoms with Gasteiger partial charge in [0, 0.05) is 48.8 Å². The van der Waals surface area contributed by atoms with Crippen LogP contribution in [0.5, 0.6) is 5.75 Å². The Hall–Kier alpha value is -2.28. The number of likely N-dealkylation sites (N-methyl/N-ethyl adjacent to an activating group) is 1. The lowest BCUT2D eigenvalue weighted by molar-refractivity contribution is -0.122. The quantitative estimate of drug-likeness (QED) is 0.756. The summed E-state index contributed by atoms with van der Waals surface area (Å²) in [5.41, 5.74) is 1.30. The molecule has 2 amide bonds. The summed E-state index contributed by atoms with van der Waals surface area (Å²) in [4.78, 5) is 28.4. The topological polar surface area (TPSA) is 61.9 Å². The molecule has 0 saturated carbocycles. The molecule has 0 aliphatic carbocycles. The second kappa shape index (κ2) is 9.96. The lowest BCUT2D eigenvalue weighted by atomic mass is 10.1. The van der Waals surface area contributed by atoms with Crippen molar-refractivity contribution in [2.45, 2.75) is 6.61 Å². The smallest absolute Gasteiger partial charge is 0.257 e. The zero-order valence-corrected chi connectivity index (χ0v) is 17.7. The van der Waals surface area contributed by atoms with Crippen LogP contribution in [0.4, 0.5) is 0 Å². The van der Waals surface area contributed by atoms with Crippen LogP contribution in [0.1, 0.15) is 15.9 Å². The molecule has 29 heavy (non-hydrogen) atoms. The number of ether oxygens (including phenoxy) is 1. The van der Waals surface area contributed by atoms with Gasteiger partial charge in [0.1, 0.15) is 12.4 Å². The highest BCUT2D eigenvalue weighted by atomic mass is 35.5. The predicted molar refractivity (Wildman–Crippen MR) is 114 cm³/mol. The molecule has 2 aromatic carbocycles.